The summed E-state index contributed by atoms with van der Waals surface area (Å²) in [5, 5.41) is 0.779. The molecule has 2 aromatic rings. The van der Waals surface area contributed by atoms with Crippen molar-refractivity contribution in [3.8, 4) is 0 Å². The molecule has 0 saturated heterocycles. The predicted octanol–water partition coefficient (Wildman–Crippen LogP) is 4.18. The molecule has 0 radical (unpaired) electrons. The number of nitrogens with zero attached hydrogens (tertiary/aromatic N) is 2. The second kappa shape index (κ2) is 6.21. The molecule has 4 heteroatoms. The Bertz CT molecular complexity index is 496. The van der Waals surface area contributed by atoms with Crippen molar-refractivity contribution >= 4 is 33.3 Å². The summed E-state index contributed by atoms with van der Waals surface area (Å²) in [4.78, 5) is 6.50. The van der Waals surface area contributed by atoms with Gasteiger partial charge in [-0.2, -0.15) is 0 Å². The van der Waals surface area contributed by atoms with Crippen LogP contribution in [0.5, 0.6) is 0 Å². The lowest BCUT2D eigenvalue weighted by Gasteiger charge is -2.18. The Morgan fingerprint density at radius 3 is 2.50 bits per heavy atom. The van der Waals surface area contributed by atoms with Gasteiger partial charge in [-0.05, 0) is 52.2 Å². The molecule has 2 rings (SSSR count). The summed E-state index contributed by atoms with van der Waals surface area (Å²) in [6.45, 7) is 0.927. The smallest absolute Gasteiger partial charge is 0.128 e. The molecule has 0 unspecified atom stereocenters. The maximum absolute atomic E-state index is 5.86. The normalized spacial score (nSPS) is 10.4. The van der Waals surface area contributed by atoms with E-state index in [9.17, 15) is 0 Å². The van der Waals surface area contributed by atoms with Crippen molar-refractivity contribution in [2.45, 2.75) is 6.42 Å². The van der Waals surface area contributed by atoms with E-state index in [1.54, 1.807) is 0 Å². The number of hydrogen-bond donors (Lipinski definition) is 0. The highest BCUT2D eigenvalue weighted by atomic mass is 79.9. The van der Waals surface area contributed by atoms with Crippen molar-refractivity contribution in [1.82, 2.24) is 4.98 Å². The minimum absolute atomic E-state index is 0.779. The monoisotopic (exact) mass is 324 g/mol. The molecule has 0 fully saturated rings. The third-order valence-electron chi connectivity index (χ3n) is 2.75. The number of aromatic nitrogens is 1. The fraction of sp³-hybridized carbons (Fsp3) is 0.214. The summed E-state index contributed by atoms with van der Waals surface area (Å²) in [7, 11) is 2.05. The maximum Gasteiger partial charge on any atom is 0.128 e. The zero-order valence-corrected chi connectivity index (χ0v) is 12.4. The first-order valence-corrected chi connectivity index (χ1v) is 6.89. The molecule has 0 aliphatic heterocycles. The molecule has 94 valence electrons. The lowest BCUT2D eigenvalue weighted by Crippen LogP contribution is -2.21. The van der Waals surface area contributed by atoms with Crippen LogP contribution in [0.2, 0.25) is 5.02 Å². The number of hydrogen-bond acceptors (Lipinski definition) is 2. The highest BCUT2D eigenvalue weighted by Crippen LogP contribution is 2.15. The van der Waals surface area contributed by atoms with E-state index in [-0.39, 0.29) is 0 Å². The van der Waals surface area contributed by atoms with Gasteiger partial charge in [0.15, 0.2) is 0 Å². The molecule has 0 amide bonds. The SMILES string of the molecule is CN(CCc1ccc(Cl)cc1)c1ccc(Br)cn1. The van der Waals surface area contributed by atoms with Gasteiger partial charge in [0.1, 0.15) is 5.82 Å². The average molecular weight is 326 g/mol. The van der Waals surface area contributed by atoms with E-state index in [4.69, 9.17) is 11.6 Å². The first kappa shape index (κ1) is 13.4. The van der Waals surface area contributed by atoms with Crippen LogP contribution in [0.1, 0.15) is 5.56 Å². The van der Waals surface area contributed by atoms with Crippen molar-refractivity contribution < 1.29 is 0 Å². The van der Waals surface area contributed by atoms with Gasteiger partial charge in [-0.1, -0.05) is 23.7 Å². The second-order valence-corrected chi connectivity index (χ2v) is 5.48. The fourth-order valence-electron chi connectivity index (χ4n) is 1.66. The van der Waals surface area contributed by atoms with E-state index in [0.29, 0.717) is 0 Å². The molecule has 0 saturated carbocycles. The molecule has 0 aliphatic carbocycles. The van der Waals surface area contributed by atoms with E-state index in [0.717, 1.165) is 28.3 Å². The van der Waals surface area contributed by atoms with Crippen molar-refractivity contribution in [2.24, 2.45) is 0 Å². The van der Waals surface area contributed by atoms with Crippen LogP contribution < -0.4 is 4.90 Å². The standard InChI is InChI=1S/C14H14BrClN2/c1-18(14-7-4-12(15)10-17-14)9-8-11-2-5-13(16)6-3-11/h2-7,10H,8-9H2,1H3. The molecule has 2 nitrogen and oxygen atoms in total. The van der Waals surface area contributed by atoms with E-state index in [1.165, 1.54) is 5.56 Å². The summed E-state index contributed by atoms with van der Waals surface area (Å²) in [5.41, 5.74) is 1.28. The van der Waals surface area contributed by atoms with Crippen LogP contribution in [0.25, 0.3) is 0 Å². The van der Waals surface area contributed by atoms with Crippen LogP contribution in [-0.2, 0) is 6.42 Å². The zero-order valence-electron chi connectivity index (χ0n) is 10.1. The molecule has 1 aromatic carbocycles. The lowest BCUT2D eigenvalue weighted by atomic mass is 10.1. The first-order valence-electron chi connectivity index (χ1n) is 5.72. The van der Waals surface area contributed by atoms with Crippen LogP contribution >= 0.6 is 27.5 Å². The summed E-state index contributed by atoms with van der Waals surface area (Å²) >= 11 is 9.24. The fourth-order valence-corrected chi connectivity index (χ4v) is 2.02. The molecule has 0 atom stereocenters. The minimum atomic E-state index is 0.779. The second-order valence-electron chi connectivity index (χ2n) is 4.13. The summed E-state index contributed by atoms with van der Waals surface area (Å²) < 4.78 is 0.998. The topological polar surface area (TPSA) is 16.1 Å². The van der Waals surface area contributed by atoms with Gasteiger partial charge >= 0.3 is 0 Å². The van der Waals surface area contributed by atoms with Gasteiger partial charge < -0.3 is 4.90 Å². The van der Waals surface area contributed by atoms with Crippen molar-refractivity contribution in [3.63, 3.8) is 0 Å². The highest BCUT2D eigenvalue weighted by molar-refractivity contribution is 9.10. The lowest BCUT2D eigenvalue weighted by molar-refractivity contribution is 0.859. The number of benzene rings is 1. The summed E-state index contributed by atoms with van der Waals surface area (Å²) in [6, 6.07) is 12.0. The Labute approximate surface area is 121 Å². The van der Waals surface area contributed by atoms with Crippen LogP contribution in [0, 0.1) is 0 Å². The summed E-state index contributed by atoms with van der Waals surface area (Å²) in [6.07, 6.45) is 2.79. The third kappa shape index (κ3) is 3.72. The number of anilines is 1. The maximum atomic E-state index is 5.86. The van der Waals surface area contributed by atoms with Crippen molar-refractivity contribution in [2.75, 3.05) is 18.5 Å². The molecule has 0 aliphatic rings. The Hall–Kier alpha value is -1.06. The quantitative estimate of drug-likeness (QED) is 0.838. The Kier molecular flexibility index (Phi) is 4.61. The van der Waals surface area contributed by atoms with Crippen molar-refractivity contribution in [1.29, 1.82) is 0 Å². The van der Waals surface area contributed by atoms with Gasteiger partial charge in [-0.25, -0.2) is 4.98 Å². The highest BCUT2D eigenvalue weighted by Gasteiger charge is 2.02. The largest absolute Gasteiger partial charge is 0.359 e. The van der Waals surface area contributed by atoms with E-state index in [2.05, 4.69) is 37.9 Å². The number of likely N-dealkylation sites (N-methyl/N-ethyl adjacent to an activating group) is 1. The van der Waals surface area contributed by atoms with Gasteiger partial charge in [0.05, 0.1) is 0 Å². The molecule has 18 heavy (non-hydrogen) atoms. The van der Waals surface area contributed by atoms with Crippen LogP contribution in [0.15, 0.2) is 47.1 Å². The molecular formula is C14H14BrClN2. The van der Waals surface area contributed by atoms with Crippen LogP contribution in [0.4, 0.5) is 5.82 Å². The number of halogens is 2. The van der Waals surface area contributed by atoms with Gasteiger partial charge in [-0.3, -0.25) is 0 Å². The number of rotatable bonds is 4. The molecule has 1 aromatic heterocycles. The van der Waals surface area contributed by atoms with E-state index in [1.807, 2.05) is 37.5 Å². The van der Waals surface area contributed by atoms with Gasteiger partial charge in [-0.15, -0.1) is 0 Å². The Morgan fingerprint density at radius 1 is 1.17 bits per heavy atom. The third-order valence-corrected chi connectivity index (χ3v) is 3.47. The minimum Gasteiger partial charge on any atom is -0.359 e. The van der Waals surface area contributed by atoms with Crippen LogP contribution in [0.3, 0.4) is 0 Å². The molecule has 0 N–H and O–H groups in total. The van der Waals surface area contributed by atoms with Crippen LogP contribution in [-0.4, -0.2) is 18.6 Å². The van der Waals surface area contributed by atoms with E-state index >= 15 is 0 Å². The predicted molar refractivity (Wildman–Crippen MR) is 80.4 cm³/mol. The zero-order chi connectivity index (χ0) is 13.0. The van der Waals surface area contributed by atoms with Gasteiger partial charge in [0.25, 0.3) is 0 Å². The van der Waals surface area contributed by atoms with Gasteiger partial charge in [0.2, 0.25) is 0 Å². The van der Waals surface area contributed by atoms with Gasteiger partial charge in [0, 0.05) is 29.3 Å². The Morgan fingerprint density at radius 2 is 1.89 bits per heavy atom. The summed E-state index contributed by atoms with van der Waals surface area (Å²) in [5.74, 6) is 0.979. The average Bonchev–Trinajstić information content (AvgIpc) is 2.38. The Balaban J connectivity index is 1.93. The van der Waals surface area contributed by atoms with Crippen molar-refractivity contribution in [3.05, 3.63) is 57.7 Å². The van der Waals surface area contributed by atoms with E-state index < -0.39 is 0 Å². The number of pyridine rings is 1. The molecule has 0 spiro atoms. The first-order chi connectivity index (χ1) is 8.65. The molecule has 1 heterocycles. The molecular weight excluding hydrogens is 312 g/mol. The molecule has 0 bridgehead atoms.